The van der Waals surface area contributed by atoms with Crippen LogP contribution in [0.15, 0.2) is 66.9 Å². The lowest BCUT2D eigenvalue weighted by Gasteiger charge is -2.14. The first-order valence-electron chi connectivity index (χ1n) is 8.30. The molecule has 2 aromatic carbocycles. The zero-order valence-corrected chi connectivity index (χ0v) is 13.9. The molecule has 4 nitrogen and oxygen atoms in total. The summed E-state index contributed by atoms with van der Waals surface area (Å²) < 4.78 is 0. The van der Waals surface area contributed by atoms with Crippen LogP contribution < -0.4 is 5.32 Å². The summed E-state index contributed by atoms with van der Waals surface area (Å²) in [5.41, 5.74) is 2.62. The third kappa shape index (κ3) is 4.42. The maximum absolute atomic E-state index is 12.5. The van der Waals surface area contributed by atoms with E-state index in [4.69, 9.17) is 5.26 Å². The van der Waals surface area contributed by atoms with Crippen LogP contribution in [0.1, 0.15) is 18.4 Å². The summed E-state index contributed by atoms with van der Waals surface area (Å²) >= 11 is 0. The van der Waals surface area contributed by atoms with Crippen molar-refractivity contribution in [3.63, 3.8) is 0 Å². The number of anilines is 1. The van der Waals surface area contributed by atoms with E-state index in [1.165, 1.54) is 0 Å². The first-order valence-corrected chi connectivity index (χ1v) is 8.30. The van der Waals surface area contributed by atoms with Crippen LogP contribution in [0, 0.1) is 17.2 Å². The predicted molar refractivity (Wildman–Crippen MR) is 98.9 cm³/mol. The molecule has 4 heteroatoms. The highest BCUT2D eigenvalue weighted by Gasteiger charge is 2.15. The van der Waals surface area contributed by atoms with Crippen LogP contribution in [-0.4, -0.2) is 10.9 Å². The Hall–Kier alpha value is -3.19. The van der Waals surface area contributed by atoms with Crippen LogP contribution in [0.4, 0.5) is 5.69 Å². The second-order valence-corrected chi connectivity index (χ2v) is 6.05. The van der Waals surface area contributed by atoms with E-state index in [1.54, 1.807) is 6.20 Å². The lowest BCUT2D eigenvalue weighted by Crippen LogP contribution is -2.18. The van der Waals surface area contributed by atoms with Gasteiger partial charge in [-0.1, -0.05) is 48.5 Å². The summed E-state index contributed by atoms with van der Waals surface area (Å²) in [4.78, 5) is 16.8. The molecule has 0 aliphatic carbocycles. The molecule has 1 aromatic heterocycles. The van der Waals surface area contributed by atoms with Gasteiger partial charge in [-0.25, -0.2) is 0 Å². The molecule has 0 aliphatic rings. The highest BCUT2D eigenvalue weighted by molar-refractivity contribution is 6.00. The van der Waals surface area contributed by atoms with Crippen LogP contribution >= 0.6 is 0 Å². The fourth-order valence-corrected chi connectivity index (χ4v) is 2.96. The number of nitriles is 1. The maximum atomic E-state index is 12.5. The van der Waals surface area contributed by atoms with Crippen molar-refractivity contribution in [1.82, 2.24) is 4.98 Å². The Morgan fingerprint density at radius 2 is 1.88 bits per heavy atom. The topological polar surface area (TPSA) is 65.8 Å². The molecule has 0 saturated heterocycles. The van der Waals surface area contributed by atoms with Crippen LogP contribution in [0.2, 0.25) is 0 Å². The second-order valence-electron chi connectivity index (χ2n) is 6.05. The Kier molecular flexibility index (Phi) is 5.38. The molecular weight excluding hydrogens is 310 g/mol. The summed E-state index contributed by atoms with van der Waals surface area (Å²) in [6.07, 6.45) is 3.10. The number of nitrogens with one attached hydrogen (secondary N) is 1. The standard InChI is InChI=1S/C21H19N3O/c22-12-11-17(14-16-6-2-1-3-7-16)15-20(25)24-19-10-4-8-18-9-5-13-23-21(18)19/h1-10,13,17H,11,14-15H2,(H,24,25). The van der Waals surface area contributed by atoms with Gasteiger partial charge < -0.3 is 5.32 Å². The lowest BCUT2D eigenvalue weighted by atomic mass is 9.93. The first kappa shape index (κ1) is 16.7. The average molecular weight is 329 g/mol. The second kappa shape index (κ2) is 8.07. The van der Waals surface area contributed by atoms with Gasteiger partial charge in [0, 0.05) is 24.4 Å². The van der Waals surface area contributed by atoms with Crippen molar-refractivity contribution in [2.24, 2.45) is 5.92 Å². The summed E-state index contributed by atoms with van der Waals surface area (Å²) in [6.45, 7) is 0. The van der Waals surface area contributed by atoms with Gasteiger partial charge in [-0.15, -0.1) is 0 Å². The third-order valence-electron chi connectivity index (χ3n) is 4.13. The van der Waals surface area contributed by atoms with Gasteiger partial charge in [-0.2, -0.15) is 5.26 Å². The maximum Gasteiger partial charge on any atom is 0.224 e. The van der Waals surface area contributed by atoms with E-state index in [-0.39, 0.29) is 11.8 Å². The zero-order chi connectivity index (χ0) is 17.5. The van der Waals surface area contributed by atoms with E-state index in [0.29, 0.717) is 18.5 Å². The van der Waals surface area contributed by atoms with Gasteiger partial charge in [0.15, 0.2) is 0 Å². The highest BCUT2D eigenvalue weighted by atomic mass is 16.1. The number of fused-ring (bicyclic) bond motifs is 1. The molecule has 25 heavy (non-hydrogen) atoms. The fourth-order valence-electron chi connectivity index (χ4n) is 2.96. The number of aromatic nitrogens is 1. The number of pyridine rings is 1. The Morgan fingerprint density at radius 1 is 1.08 bits per heavy atom. The molecule has 0 radical (unpaired) electrons. The molecule has 1 amide bonds. The van der Waals surface area contributed by atoms with Gasteiger partial charge in [0.1, 0.15) is 0 Å². The van der Waals surface area contributed by atoms with E-state index < -0.39 is 0 Å². The van der Waals surface area contributed by atoms with Gasteiger partial charge in [-0.05, 0) is 30.0 Å². The Labute approximate surface area is 147 Å². The molecule has 0 spiro atoms. The van der Waals surface area contributed by atoms with Crippen molar-refractivity contribution >= 4 is 22.5 Å². The van der Waals surface area contributed by atoms with E-state index in [1.807, 2.05) is 60.7 Å². The van der Waals surface area contributed by atoms with Crippen molar-refractivity contribution in [2.75, 3.05) is 5.32 Å². The smallest absolute Gasteiger partial charge is 0.224 e. The van der Waals surface area contributed by atoms with Gasteiger partial charge in [0.05, 0.1) is 17.3 Å². The summed E-state index contributed by atoms with van der Waals surface area (Å²) in [5, 5.41) is 13.0. The Balaban J connectivity index is 1.70. The van der Waals surface area contributed by atoms with Crippen molar-refractivity contribution in [3.05, 3.63) is 72.4 Å². The number of carbonyl (C=O) groups is 1. The van der Waals surface area contributed by atoms with E-state index >= 15 is 0 Å². The van der Waals surface area contributed by atoms with E-state index in [0.717, 1.165) is 22.9 Å². The molecule has 124 valence electrons. The molecule has 0 bridgehead atoms. The number of hydrogen-bond donors (Lipinski definition) is 1. The normalized spacial score (nSPS) is 11.6. The molecule has 1 atom stereocenters. The van der Waals surface area contributed by atoms with Crippen LogP contribution in [-0.2, 0) is 11.2 Å². The number of hydrogen-bond acceptors (Lipinski definition) is 3. The quantitative estimate of drug-likeness (QED) is 0.731. The molecule has 3 aromatic rings. The van der Waals surface area contributed by atoms with Crippen LogP contribution in [0.3, 0.4) is 0 Å². The Bertz CT molecular complexity index is 894. The zero-order valence-electron chi connectivity index (χ0n) is 13.9. The largest absolute Gasteiger partial charge is 0.324 e. The fraction of sp³-hybridized carbons (Fsp3) is 0.190. The van der Waals surface area contributed by atoms with Gasteiger partial charge in [0.25, 0.3) is 0 Å². The molecule has 1 unspecified atom stereocenters. The molecule has 1 N–H and O–H groups in total. The minimum Gasteiger partial charge on any atom is -0.324 e. The SMILES string of the molecule is N#CCC(CC(=O)Nc1cccc2cccnc12)Cc1ccccc1. The third-order valence-corrected chi connectivity index (χ3v) is 4.13. The van der Waals surface area contributed by atoms with Gasteiger partial charge in [-0.3, -0.25) is 9.78 Å². The number of benzene rings is 2. The average Bonchev–Trinajstić information content (AvgIpc) is 2.63. The summed E-state index contributed by atoms with van der Waals surface area (Å²) in [7, 11) is 0. The first-order chi connectivity index (χ1) is 12.3. The van der Waals surface area contributed by atoms with E-state index in [2.05, 4.69) is 16.4 Å². The van der Waals surface area contributed by atoms with Crippen molar-refractivity contribution in [1.29, 1.82) is 5.26 Å². The Morgan fingerprint density at radius 3 is 2.68 bits per heavy atom. The van der Waals surface area contributed by atoms with Crippen LogP contribution in [0.5, 0.6) is 0 Å². The number of carbonyl (C=O) groups excluding carboxylic acids is 1. The van der Waals surface area contributed by atoms with Crippen LogP contribution in [0.25, 0.3) is 10.9 Å². The number of amides is 1. The number of nitrogens with zero attached hydrogens (tertiary/aromatic N) is 2. The lowest BCUT2D eigenvalue weighted by molar-refractivity contribution is -0.117. The molecule has 0 saturated carbocycles. The molecule has 0 fully saturated rings. The monoisotopic (exact) mass is 329 g/mol. The summed E-state index contributed by atoms with van der Waals surface area (Å²) in [5.74, 6) is -0.0929. The van der Waals surface area contributed by atoms with Crippen molar-refractivity contribution in [2.45, 2.75) is 19.3 Å². The van der Waals surface area contributed by atoms with Gasteiger partial charge >= 0.3 is 0 Å². The highest BCUT2D eigenvalue weighted by Crippen LogP contribution is 2.22. The minimum absolute atomic E-state index is 0.00432. The molecule has 0 aliphatic heterocycles. The van der Waals surface area contributed by atoms with E-state index in [9.17, 15) is 4.79 Å². The van der Waals surface area contributed by atoms with Crippen molar-refractivity contribution < 1.29 is 4.79 Å². The predicted octanol–water partition coefficient (Wildman–Crippen LogP) is 4.34. The number of rotatable bonds is 6. The molecule has 1 heterocycles. The molecule has 3 rings (SSSR count). The molecular formula is C21H19N3O. The summed E-state index contributed by atoms with van der Waals surface area (Å²) in [6, 6.07) is 21.7. The minimum atomic E-state index is -0.0886. The van der Waals surface area contributed by atoms with Crippen molar-refractivity contribution in [3.8, 4) is 6.07 Å². The number of para-hydroxylation sites is 1. The van der Waals surface area contributed by atoms with Gasteiger partial charge in [0.2, 0.25) is 5.91 Å².